The molecule has 3 aliphatic heterocycles. The van der Waals surface area contributed by atoms with E-state index in [4.69, 9.17) is 4.74 Å². The van der Waals surface area contributed by atoms with E-state index >= 15 is 0 Å². The van der Waals surface area contributed by atoms with Gasteiger partial charge < -0.3 is 29.5 Å². The second-order valence-corrected chi connectivity index (χ2v) is 11.0. The van der Waals surface area contributed by atoms with Crippen LogP contribution < -0.4 is 10.4 Å². The molecule has 0 radical (unpaired) electrons. The fraction of sp³-hybridized carbons (Fsp3) is 0.571. The van der Waals surface area contributed by atoms with Crippen molar-refractivity contribution in [2.75, 3.05) is 50.7 Å². The third kappa shape index (κ3) is 7.03. The third-order valence-electron chi connectivity index (χ3n) is 8.32. The number of benzene rings is 1. The Morgan fingerprint density at radius 1 is 0.946 bits per heavy atom. The number of nitrogens with zero attached hydrogens (tertiary/aromatic N) is 4. The van der Waals surface area contributed by atoms with Crippen LogP contribution in [-0.2, 0) is 11.3 Å². The largest absolute Gasteiger partial charge is 0.488 e. The van der Waals surface area contributed by atoms with E-state index in [9.17, 15) is 14.8 Å². The first-order valence-corrected chi connectivity index (χ1v) is 13.8. The molecule has 9 heteroatoms. The Balaban J connectivity index is 0.955. The second kappa shape index (κ2) is 12.3. The Morgan fingerprint density at radius 2 is 1.65 bits per heavy atom. The van der Waals surface area contributed by atoms with Crippen LogP contribution in [0.25, 0.3) is 0 Å². The molecule has 0 unspecified atom stereocenters. The molecule has 1 aromatic heterocycles. The molecular formula is C28H39BN4O4. The molecule has 1 amide bonds. The first-order chi connectivity index (χ1) is 18.0. The van der Waals surface area contributed by atoms with Gasteiger partial charge in [0.25, 0.3) is 0 Å². The van der Waals surface area contributed by atoms with Crippen LogP contribution in [-0.4, -0.2) is 83.9 Å². The van der Waals surface area contributed by atoms with Crippen LogP contribution in [0.5, 0.6) is 0 Å². The molecule has 2 N–H and O–H groups in total. The first-order valence-electron chi connectivity index (χ1n) is 13.8. The molecule has 3 aliphatic rings. The summed E-state index contributed by atoms with van der Waals surface area (Å²) in [4.78, 5) is 23.6. The Labute approximate surface area is 220 Å². The maximum Gasteiger partial charge on any atom is 0.488 e. The molecule has 3 saturated heterocycles. The summed E-state index contributed by atoms with van der Waals surface area (Å²) in [5.41, 5.74) is 1.52. The zero-order chi connectivity index (χ0) is 25.6. The van der Waals surface area contributed by atoms with E-state index in [0.717, 1.165) is 62.9 Å². The van der Waals surface area contributed by atoms with E-state index < -0.39 is 7.12 Å². The number of likely N-dealkylation sites (tertiary alicyclic amines) is 2. The maximum atomic E-state index is 12.4. The molecular weight excluding hydrogens is 467 g/mol. The van der Waals surface area contributed by atoms with Crippen LogP contribution in [0.3, 0.4) is 0 Å². The molecule has 5 rings (SSSR count). The number of ether oxygens (including phenoxy) is 1. The van der Waals surface area contributed by atoms with Gasteiger partial charge in [0, 0.05) is 38.9 Å². The molecule has 0 saturated carbocycles. The van der Waals surface area contributed by atoms with Gasteiger partial charge in [-0.05, 0) is 86.1 Å². The van der Waals surface area contributed by atoms with Gasteiger partial charge in [0.2, 0.25) is 0 Å². The average Bonchev–Trinajstić information content (AvgIpc) is 2.91. The standard InChI is InChI=1S/C28H39BN4O4/c34-28(37-21-24-4-2-1-3-5-24)32-14-9-23(10-15-32)18-31-12-7-22(8-13-31)16-25-19-33(20-25)27-17-26(29(35)36)6-11-30-27/h1-6,11,17,22-23,25,35-36H,7-10,12-16,18-21H2. The number of carbonyl (C=O) groups is 1. The van der Waals surface area contributed by atoms with Crippen molar-refractivity contribution in [2.45, 2.75) is 38.7 Å². The highest BCUT2D eigenvalue weighted by Gasteiger charge is 2.32. The zero-order valence-electron chi connectivity index (χ0n) is 21.6. The van der Waals surface area contributed by atoms with Crippen LogP contribution >= 0.6 is 0 Å². The number of anilines is 1. The van der Waals surface area contributed by atoms with Crippen molar-refractivity contribution in [1.29, 1.82) is 0 Å². The lowest BCUT2D eigenvalue weighted by atomic mass is 9.80. The van der Waals surface area contributed by atoms with Gasteiger partial charge in [-0.3, -0.25) is 0 Å². The Bertz CT molecular complexity index is 1000. The van der Waals surface area contributed by atoms with E-state index in [-0.39, 0.29) is 6.09 Å². The van der Waals surface area contributed by atoms with Crippen LogP contribution in [0.2, 0.25) is 0 Å². The van der Waals surface area contributed by atoms with Crippen molar-refractivity contribution in [2.24, 2.45) is 17.8 Å². The van der Waals surface area contributed by atoms with E-state index in [0.29, 0.717) is 23.9 Å². The van der Waals surface area contributed by atoms with Crippen LogP contribution in [0.15, 0.2) is 48.7 Å². The molecule has 0 aliphatic carbocycles. The molecule has 0 bridgehead atoms. The summed E-state index contributed by atoms with van der Waals surface area (Å²) in [6.45, 7) is 7.44. The number of hydrogen-bond donors (Lipinski definition) is 2. The summed E-state index contributed by atoms with van der Waals surface area (Å²) in [5, 5.41) is 18.8. The number of rotatable bonds is 8. The van der Waals surface area contributed by atoms with Crippen molar-refractivity contribution in [3.63, 3.8) is 0 Å². The summed E-state index contributed by atoms with van der Waals surface area (Å²) in [6.07, 6.45) is 7.39. The van der Waals surface area contributed by atoms with Gasteiger partial charge in [0.05, 0.1) is 0 Å². The second-order valence-electron chi connectivity index (χ2n) is 11.0. The van der Waals surface area contributed by atoms with E-state index in [2.05, 4.69) is 14.8 Å². The number of amides is 1. The van der Waals surface area contributed by atoms with Gasteiger partial charge in [-0.25, -0.2) is 9.78 Å². The molecule has 0 spiro atoms. The molecule has 2 aromatic rings. The Morgan fingerprint density at radius 3 is 2.35 bits per heavy atom. The molecule has 8 nitrogen and oxygen atoms in total. The van der Waals surface area contributed by atoms with Crippen molar-refractivity contribution in [3.05, 3.63) is 54.2 Å². The van der Waals surface area contributed by atoms with E-state index in [1.54, 1.807) is 18.3 Å². The van der Waals surface area contributed by atoms with Gasteiger partial charge in [-0.2, -0.15) is 0 Å². The highest BCUT2D eigenvalue weighted by molar-refractivity contribution is 6.58. The quantitative estimate of drug-likeness (QED) is 0.532. The molecule has 4 heterocycles. The summed E-state index contributed by atoms with van der Waals surface area (Å²) >= 11 is 0. The van der Waals surface area contributed by atoms with Gasteiger partial charge in [-0.1, -0.05) is 30.3 Å². The number of carbonyl (C=O) groups excluding carboxylic acids is 1. The molecule has 1 aromatic carbocycles. The van der Waals surface area contributed by atoms with Crippen molar-refractivity contribution in [3.8, 4) is 0 Å². The smallest absolute Gasteiger partial charge is 0.445 e. The van der Waals surface area contributed by atoms with Gasteiger partial charge in [-0.15, -0.1) is 0 Å². The maximum absolute atomic E-state index is 12.4. The van der Waals surface area contributed by atoms with E-state index in [1.165, 1.54) is 32.4 Å². The van der Waals surface area contributed by atoms with Crippen molar-refractivity contribution >= 4 is 24.5 Å². The average molecular weight is 506 g/mol. The molecule has 3 fully saturated rings. The normalized spacial score (nSPS) is 20.1. The monoisotopic (exact) mass is 506 g/mol. The predicted molar refractivity (Wildman–Crippen MR) is 144 cm³/mol. The number of piperidine rings is 2. The number of pyridine rings is 1. The lowest BCUT2D eigenvalue weighted by Gasteiger charge is -2.43. The summed E-state index contributed by atoms with van der Waals surface area (Å²) < 4.78 is 5.51. The minimum atomic E-state index is -1.45. The fourth-order valence-electron chi connectivity index (χ4n) is 6.02. The lowest BCUT2D eigenvalue weighted by Crippen LogP contribution is -2.49. The SMILES string of the molecule is O=C(OCc1ccccc1)N1CCC(CN2CCC(CC3CN(c4cc(B(O)O)ccn4)C3)CC2)CC1. The van der Waals surface area contributed by atoms with Gasteiger partial charge in [0.1, 0.15) is 12.4 Å². The minimum Gasteiger partial charge on any atom is -0.445 e. The zero-order valence-corrected chi connectivity index (χ0v) is 21.6. The first kappa shape index (κ1) is 26.0. The summed E-state index contributed by atoms with van der Waals surface area (Å²) in [5.74, 6) is 3.00. The number of aromatic nitrogens is 1. The van der Waals surface area contributed by atoms with Gasteiger partial charge >= 0.3 is 13.2 Å². The highest BCUT2D eigenvalue weighted by Crippen LogP contribution is 2.32. The molecule has 0 atom stereocenters. The predicted octanol–water partition coefficient (Wildman–Crippen LogP) is 2.35. The van der Waals surface area contributed by atoms with E-state index in [1.807, 2.05) is 35.2 Å². The third-order valence-corrected chi connectivity index (χ3v) is 8.32. The fourth-order valence-corrected chi connectivity index (χ4v) is 6.02. The Hall–Kier alpha value is -2.62. The highest BCUT2D eigenvalue weighted by atomic mass is 16.6. The topological polar surface area (TPSA) is 89.4 Å². The molecule has 198 valence electrons. The van der Waals surface area contributed by atoms with Crippen LogP contribution in [0.4, 0.5) is 10.6 Å². The lowest BCUT2D eigenvalue weighted by molar-refractivity contribution is 0.0727. The van der Waals surface area contributed by atoms with Crippen molar-refractivity contribution < 1.29 is 19.6 Å². The summed E-state index contributed by atoms with van der Waals surface area (Å²) in [7, 11) is -1.45. The molecule has 37 heavy (non-hydrogen) atoms. The summed E-state index contributed by atoms with van der Waals surface area (Å²) in [6, 6.07) is 13.3. The van der Waals surface area contributed by atoms with Crippen LogP contribution in [0.1, 0.15) is 37.7 Å². The van der Waals surface area contributed by atoms with Gasteiger partial charge in [0.15, 0.2) is 0 Å². The Kier molecular flexibility index (Phi) is 8.64. The minimum absolute atomic E-state index is 0.188. The van der Waals surface area contributed by atoms with Crippen LogP contribution in [0, 0.1) is 17.8 Å². The van der Waals surface area contributed by atoms with Crippen molar-refractivity contribution in [1.82, 2.24) is 14.8 Å². The number of hydrogen-bond acceptors (Lipinski definition) is 7.